The lowest BCUT2D eigenvalue weighted by Gasteiger charge is -2.36. The molecule has 0 saturated carbocycles. The van der Waals surface area contributed by atoms with Gasteiger partial charge >= 0.3 is 6.09 Å². The summed E-state index contributed by atoms with van der Waals surface area (Å²) in [5, 5.41) is 0. The van der Waals surface area contributed by atoms with E-state index < -0.39 is 0 Å². The first-order chi connectivity index (χ1) is 17.9. The number of amides is 1. The van der Waals surface area contributed by atoms with Crippen LogP contribution in [-0.2, 0) is 4.74 Å². The molecule has 1 aromatic carbocycles. The number of carbonyl (C=O) groups excluding carboxylic acids is 1. The number of piperazine rings is 1. The van der Waals surface area contributed by atoms with Gasteiger partial charge in [-0.3, -0.25) is 4.99 Å². The Morgan fingerprint density at radius 1 is 1.27 bits per heavy atom. The van der Waals surface area contributed by atoms with E-state index >= 15 is 0 Å². The number of allylic oxidation sites excluding steroid dienone is 4. The van der Waals surface area contributed by atoms with Crippen molar-refractivity contribution in [2.24, 2.45) is 15.9 Å². The molecule has 1 amide bonds. The molecule has 0 radical (unpaired) electrons. The number of ether oxygens (including phenoxy) is 2. The third-order valence-electron chi connectivity index (χ3n) is 6.17. The van der Waals surface area contributed by atoms with Gasteiger partial charge in [-0.1, -0.05) is 32.6 Å². The van der Waals surface area contributed by atoms with Crippen LogP contribution in [0.25, 0.3) is 5.70 Å². The predicted molar refractivity (Wildman–Crippen MR) is 155 cm³/mol. The van der Waals surface area contributed by atoms with Crippen molar-refractivity contribution in [3.05, 3.63) is 65.1 Å². The molecular weight excluding hydrogens is 486 g/mol. The lowest BCUT2D eigenvalue weighted by atomic mass is 10.0. The Bertz CT molecular complexity index is 1130. The minimum atomic E-state index is -0.385. The highest BCUT2D eigenvalue weighted by atomic mass is 32.2. The fraction of sp³-hybridized carbons (Fsp3) is 0.393. The number of benzene rings is 1. The van der Waals surface area contributed by atoms with Crippen LogP contribution in [-0.4, -0.2) is 61.6 Å². The Morgan fingerprint density at radius 3 is 2.62 bits per heavy atom. The zero-order chi connectivity index (χ0) is 26.8. The van der Waals surface area contributed by atoms with Crippen molar-refractivity contribution in [3.8, 4) is 5.75 Å². The summed E-state index contributed by atoms with van der Waals surface area (Å²) < 4.78 is 14.5. The summed E-state index contributed by atoms with van der Waals surface area (Å²) in [5.41, 5.74) is 3.85. The molecule has 1 fully saturated rings. The minimum absolute atomic E-state index is 0.291. The number of nitrogens with one attached hydrogen (secondary N) is 1. The van der Waals surface area contributed by atoms with Crippen molar-refractivity contribution in [2.75, 3.05) is 38.0 Å². The third kappa shape index (κ3) is 7.29. The zero-order valence-corrected chi connectivity index (χ0v) is 23.2. The number of methoxy groups -OCH3 is 1. The quantitative estimate of drug-likeness (QED) is 0.231. The molecule has 0 bridgehead atoms. The molecule has 1 saturated heterocycles. The van der Waals surface area contributed by atoms with Gasteiger partial charge in [0.2, 0.25) is 5.88 Å². The highest BCUT2D eigenvalue weighted by Gasteiger charge is 2.24. The van der Waals surface area contributed by atoms with Crippen molar-refractivity contribution in [2.45, 2.75) is 34.1 Å². The summed E-state index contributed by atoms with van der Waals surface area (Å²) in [5.74, 6) is 1.34. The Kier molecular flexibility index (Phi) is 10.4. The number of nitrogens with zero attached hydrogens (tertiary/aromatic N) is 4. The molecule has 2 aliphatic rings. The van der Waals surface area contributed by atoms with E-state index in [0.717, 1.165) is 34.8 Å². The lowest BCUT2D eigenvalue weighted by molar-refractivity contribution is 0.108. The maximum Gasteiger partial charge on any atom is 0.416 e. The normalized spacial score (nSPS) is 19.3. The molecule has 1 aromatic rings. The minimum Gasteiger partial charge on any atom is -0.495 e. The largest absolute Gasteiger partial charge is 0.495 e. The predicted octanol–water partition coefficient (Wildman–Crippen LogP) is 6.33. The molecule has 8 nitrogen and oxygen atoms in total. The molecule has 0 spiro atoms. The summed E-state index contributed by atoms with van der Waals surface area (Å²) in [6.45, 7) is 14.6. The average Bonchev–Trinajstić information content (AvgIpc) is 2.93. The first-order valence-corrected chi connectivity index (χ1v) is 13.3. The Hall–Kier alpha value is -3.46. The van der Waals surface area contributed by atoms with Crippen LogP contribution in [0.1, 0.15) is 39.7 Å². The molecule has 3 rings (SSSR count). The van der Waals surface area contributed by atoms with E-state index in [9.17, 15) is 4.79 Å². The number of anilines is 1. The number of hydrogen-bond donors (Lipinski definition) is 1. The van der Waals surface area contributed by atoms with Crippen LogP contribution in [0.4, 0.5) is 10.5 Å². The highest BCUT2D eigenvalue weighted by molar-refractivity contribution is 8.04. The smallest absolute Gasteiger partial charge is 0.416 e. The van der Waals surface area contributed by atoms with E-state index in [1.54, 1.807) is 50.1 Å². The standard InChI is InChI=1S/C28H37N5O3S/c1-7-25(27-20(4)11-10-14-30-27)37-31-23-13-12-22(19-24(23)35-6)21(5)32-15-17-33(18-16-32)28(34)36-26(8-2)29-9-3/h8-14,19-20,31H,5,7,15-18H2,1-4,6H3/b26-8+,27-25-,29-9-. The zero-order valence-electron chi connectivity index (χ0n) is 22.4. The van der Waals surface area contributed by atoms with E-state index in [2.05, 4.69) is 46.1 Å². The number of rotatable bonds is 9. The van der Waals surface area contributed by atoms with E-state index in [1.165, 1.54) is 4.91 Å². The van der Waals surface area contributed by atoms with Gasteiger partial charge in [-0.2, -0.15) is 0 Å². The number of hydrogen-bond acceptors (Lipinski definition) is 8. The van der Waals surface area contributed by atoms with Crippen LogP contribution in [0.5, 0.6) is 5.75 Å². The van der Waals surface area contributed by atoms with Crippen LogP contribution in [0, 0.1) is 5.92 Å². The van der Waals surface area contributed by atoms with Crippen LogP contribution < -0.4 is 9.46 Å². The van der Waals surface area contributed by atoms with Crippen molar-refractivity contribution >= 4 is 41.9 Å². The van der Waals surface area contributed by atoms with Crippen molar-refractivity contribution in [1.29, 1.82) is 0 Å². The van der Waals surface area contributed by atoms with Gasteiger partial charge in [-0.25, -0.2) is 9.79 Å². The molecule has 37 heavy (non-hydrogen) atoms. The van der Waals surface area contributed by atoms with Gasteiger partial charge in [0.05, 0.1) is 18.5 Å². The Morgan fingerprint density at radius 2 is 2.00 bits per heavy atom. The summed E-state index contributed by atoms with van der Waals surface area (Å²) >= 11 is 1.58. The van der Waals surface area contributed by atoms with Gasteiger partial charge in [0, 0.05) is 60.7 Å². The maximum atomic E-state index is 12.5. The Balaban J connectivity index is 1.62. The highest BCUT2D eigenvalue weighted by Crippen LogP contribution is 2.35. The Labute approximate surface area is 224 Å². The summed E-state index contributed by atoms with van der Waals surface area (Å²) in [6, 6.07) is 6.05. The SMILES string of the molecule is C=C(c1ccc(NS/C(CC)=C2\N=CC=CC2C)c(OC)c1)N1CCN(C(=O)OC(=C/C)/N=C\C)CC1. The number of carbonyl (C=O) groups is 1. The van der Waals surface area contributed by atoms with E-state index in [1.807, 2.05) is 30.5 Å². The maximum absolute atomic E-state index is 12.5. The molecule has 1 unspecified atom stereocenters. The topological polar surface area (TPSA) is 78.8 Å². The fourth-order valence-corrected chi connectivity index (χ4v) is 4.92. The van der Waals surface area contributed by atoms with Gasteiger partial charge in [0.15, 0.2) is 0 Å². The molecule has 0 aromatic heterocycles. The summed E-state index contributed by atoms with van der Waals surface area (Å²) in [4.78, 5) is 26.2. The molecule has 9 heteroatoms. The number of dihydropyridines is 1. The van der Waals surface area contributed by atoms with Gasteiger partial charge in [0.1, 0.15) is 5.75 Å². The first kappa shape index (κ1) is 28.1. The molecule has 1 atom stereocenters. The number of aliphatic imine (C=N–C) groups is 2. The molecule has 0 aliphatic carbocycles. The van der Waals surface area contributed by atoms with Gasteiger partial charge in [-0.15, -0.1) is 0 Å². The van der Waals surface area contributed by atoms with E-state index in [-0.39, 0.29) is 6.09 Å². The molecule has 2 heterocycles. The van der Waals surface area contributed by atoms with Gasteiger partial charge in [-0.05, 0) is 56.5 Å². The van der Waals surface area contributed by atoms with Gasteiger partial charge in [0.25, 0.3) is 0 Å². The first-order valence-electron chi connectivity index (χ1n) is 12.5. The molecular formula is C28H37N5O3S. The van der Waals surface area contributed by atoms with E-state index in [4.69, 9.17) is 9.47 Å². The lowest BCUT2D eigenvalue weighted by Crippen LogP contribution is -2.47. The summed E-state index contributed by atoms with van der Waals surface area (Å²) in [6.07, 6.45) is 9.76. The second-order valence-corrected chi connectivity index (χ2v) is 9.44. The second-order valence-electron chi connectivity index (χ2n) is 8.54. The van der Waals surface area contributed by atoms with Gasteiger partial charge < -0.3 is 24.0 Å². The van der Waals surface area contributed by atoms with Crippen LogP contribution >= 0.6 is 11.9 Å². The van der Waals surface area contributed by atoms with Crippen molar-refractivity contribution in [1.82, 2.24) is 9.80 Å². The third-order valence-corrected chi connectivity index (χ3v) is 7.24. The average molecular weight is 524 g/mol. The summed E-state index contributed by atoms with van der Waals surface area (Å²) in [7, 11) is 1.67. The van der Waals surface area contributed by atoms with Crippen molar-refractivity contribution < 1.29 is 14.3 Å². The molecule has 2 aliphatic heterocycles. The van der Waals surface area contributed by atoms with Crippen LogP contribution in [0.2, 0.25) is 0 Å². The molecule has 1 N–H and O–H groups in total. The fourth-order valence-electron chi connectivity index (χ4n) is 4.03. The van der Waals surface area contributed by atoms with Crippen LogP contribution in [0.15, 0.2) is 69.5 Å². The van der Waals surface area contributed by atoms with E-state index in [0.29, 0.717) is 38.0 Å². The van der Waals surface area contributed by atoms with Crippen molar-refractivity contribution in [3.63, 3.8) is 0 Å². The monoisotopic (exact) mass is 523 g/mol. The van der Waals surface area contributed by atoms with Crippen LogP contribution in [0.3, 0.4) is 0 Å². The molecule has 198 valence electrons. The second kappa shape index (κ2) is 13.7.